The van der Waals surface area contributed by atoms with E-state index in [-0.39, 0.29) is 17.2 Å². The van der Waals surface area contributed by atoms with E-state index in [1.54, 1.807) is 12.1 Å². The van der Waals surface area contributed by atoms with Crippen molar-refractivity contribution in [2.24, 2.45) is 0 Å². The highest BCUT2D eigenvalue weighted by Gasteiger charge is 2.32. The van der Waals surface area contributed by atoms with Crippen LogP contribution in [0.2, 0.25) is 0 Å². The van der Waals surface area contributed by atoms with E-state index < -0.39 is 5.54 Å². The molecule has 4 nitrogen and oxygen atoms in total. The van der Waals surface area contributed by atoms with Crippen molar-refractivity contribution in [3.63, 3.8) is 0 Å². The molecule has 0 heterocycles. The number of phenolic OH excluding ortho intramolecular Hbond substituents is 1. The number of aromatic hydroxyl groups is 1. The number of hydrogen-bond acceptors (Lipinski definition) is 3. The first kappa shape index (κ1) is 15.4. The van der Waals surface area contributed by atoms with Crippen LogP contribution < -0.4 is 5.32 Å². The quantitative estimate of drug-likeness (QED) is 0.874. The summed E-state index contributed by atoms with van der Waals surface area (Å²) < 4.78 is 0. The van der Waals surface area contributed by atoms with Gasteiger partial charge in [0.05, 0.1) is 11.6 Å². The summed E-state index contributed by atoms with van der Waals surface area (Å²) in [5, 5.41) is 22.3. The molecule has 0 saturated heterocycles. The van der Waals surface area contributed by atoms with Gasteiger partial charge in [-0.05, 0) is 31.9 Å². The second-order valence-corrected chi connectivity index (χ2v) is 5.94. The fourth-order valence-electron chi connectivity index (χ4n) is 2.89. The molecule has 1 aliphatic rings. The monoisotopic (exact) mass is 286 g/mol. The van der Waals surface area contributed by atoms with E-state index in [0.29, 0.717) is 12.8 Å². The van der Waals surface area contributed by atoms with E-state index in [1.807, 2.05) is 6.92 Å². The van der Waals surface area contributed by atoms with E-state index in [1.165, 1.54) is 12.5 Å². The van der Waals surface area contributed by atoms with Crippen molar-refractivity contribution < 1.29 is 9.90 Å². The Balaban J connectivity index is 2.18. The molecule has 1 aromatic carbocycles. The SMILES string of the molecule is Cc1ccc(O)c(C(=O)NC2(C#N)CCCCCCC2)c1. The van der Waals surface area contributed by atoms with Gasteiger partial charge in [-0.1, -0.05) is 43.7 Å². The number of nitrogens with one attached hydrogen (secondary N) is 1. The standard InChI is InChI=1S/C17H22N2O2/c1-13-7-8-15(20)14(11-13)16(21)19-17(12-18)9-5-3-2-4-6-10-17/h7-8,11,20H,2-6,9-10H2,1H3,(H,19,21). The molecular formula is C17H22N2O2. The Morgan fingerprint density at radius 1 is 1.24 bits per heavy atom. The summed E-state index contributed by atoms with van der Waals surface area (Å²) in [6.07, 6.45) is 6.68. The molecule has 112 valence electrons. The van der Waals surface area contributed by atoms with Gasteiger partial charge in [0.15, 0.2) is 0 Å². The molecule has 0 aromatic heterocycles. The van der Waals surface area contributed by atoms with Gasteiger partial charge in [-0.25, -0.2) is 0 Å². The minimum absolute atomic E-state index is 0.0444. The largest absolute Gasteiger partial charge is 0.507 e. The van der Waals surface area contributed by atoms with Crippen LogP contribution in [0.4, 0.5) is 0 Å². The number of rotatable bonds is 2. The average molecular weight is 286 g/mol. The number of hydrogen-bond donors (Lipinski definition) is 2. The van der Waals surface area contributed by atoms with Crippen LogP contribution in [-0.2, 0) is 0 Å². The Bertz CT molecular complexity index is 552. The van der Waals surface area contributed by atoms with Crippen LogP contribution in [0.15, 0.2) is 18.2 Å². The highest BCUT2D eigenvalue weighted by atomic mass is 16.3. The first-order valence-electron chi connectivity index (χ1n) is 7.60. The van der Waals surface area contributed by atoms with Crippen LogP contribution in [0.3, 0.4) is 0 Å². The molecule has 2 N–H and O–H groups in total. The Hall–Kier alpha value is -2.02. The number of phenols is 1. The van der Waals surface area contributed by atoms with Crippen LogP contribution in [0, 0.1) is 18.3 Å². The molecule has 1 aliphatic carbocycles. The van der Waals surface area contributed by atoms with Gasteiger partial charge in [-0.15, -0.1) is 0 Å². The van der Waals surface area contributed by atoms with E-state index in [2.05, 4.69) is 11.4 Å². The van der Waals surface area contributed by atoms with Crippen LogP contribution in [0.5, 0.6) is 5.75 Å². The molecule has 0 atom stereocenters. The van der Waals surface area contributed by atoms with Crippen molar-refractivity contribution in [1.29, 1.82) is 5.26 Å². The van der Waals surface area contributed by atoms with Crippen molar-refractivity contribution in [3.05, 3.63) is 29.3 Å². The minimum Gasteiger partial charge on any atom is -0.507 e. The van der Waals surface area contributed by atoms with Crippen LogP contribution >= 0.6 is 0 Å². The maximum atomic E-state index is 12.4. The molecule has 0 radical (unpaired) electrons. The number of nitrogens with zero attached hydrogens (tertiary/aromatic N) is 1. The molecule has 4 heteroatoms. The maximum Gasteiger partial charge on any atom is 0.256 e. The molecule has 1 aromatic rings. The number of carbonyl (C=O) groups is 1. The molecule has 21 heavy (non-hydrogen) atoms. The van der Waals surface area contributed by atoms with Crippen molar-refractivity contribution in [3.8, 4) is 11.8 Å². The summed E-state index contributed by atoms with van der Waals surface area (Å²) in [5.41, 5.74) is 0.349. The predicted octanol–water partition coefficient (Wildman–Crippen LogP) is 3.44. The van der Waals surface area contributed by atoms with Crippen molar-refractivity contribution in [2.45, 2.75) is 57.4 Å². The van der Waals surface area contributed by atoms with Gasteiger partial charge < -0.3 is 10.4 Å². The third kappa shape index (κ3) is 3.75. The maximum absolute atomic E-state index is 12.4. The lowest BCUT2D eigenvalue weighted by Crippen LogP contribution is -2.47. The van der Waals surface area contributed by atoms with Gasteiger partial charge in [-0.2, -0.15) is 5.26 Å². The number of aryl methyl sites for hydroxylation is 1. The summed E-state index contributed by atoms with van der Waals surface area (Å²) in [6.45, 7) is 1.87. The fourth-order valence-corrected chi connectivity index (χ4v) is 2.89. The van der Waals surface area contributed by atoms with Gasteiger partial charge in [0.1, 0.15) is 11.3 Å². The zero-order chi connectivity index (χ0) is 15.3. The Morgan fingerprint density at radius 3 is 2.48 bits per heavy atom. The predicted molar refractivity (Wildman–Crippen MR) is 81.0 cm³/mol. The minimum atomic E-state index is -0.798. The van der Waals surface area contributed by atoms with Gasteiger partial charge >= 0.3 is 0 Å². The number of benzene rings is 1. The van der Waals surface area contributed by atoms with Crippen LogP contribution in [0.1, 0.15) is 60.9 Å². The second kappa shape index (κ2) is 6.62. The Morgan fingerprint density at radius 2 is 1.86 bits per heavy atom. The van der Waals surface area contributed by atoms with Gasteiger partial charge in [0.25, 0.3) is 5.91 Å². The summed E-state index contributed by atoms with van der Waals surface area (Å²) in [5.74, 6) is -0.407. The molecule has 0 bridgehead atoms. The first-order chi connectivity index (χ1) is 10.1. The summed E-state index contributed by atoms with van der Waals surface area (Å²) >= 11 is 0. The summed E-state index contributed by atoms with van der Waals surface area (Å²) in [4.78, 5) is 12.4. The van der Waals surface area contributed by atoms with E-state index in [4.69, 9.17) is 0 Å². The van der Waals surface area contributed by atoms with Crippen molar-refractivity contribution >= 4 is 5.91 Å². The molecule has 2 rings (SSSR count). The number of amides is 1. The highest BCUT2D eigenvalue weighted by molar-refractivity contribution is 5.97. The van der Waals surface area contributed by atoms with Crippen LogP contribution in [0.25, 0.3) is 0 Å². The highest BCUT2D eigenvalue weighted by Crippen LogP contribution is 2.27. The third-order valence-corrected chi connectivity index (χ3v) is 4.17. The molecule has 1 amide bonds. The van der Waals surface area contributed by atoms with E-state index in [0.717, 1.165) is 31.2 Å². The Labute approximate surface area is 125 Å². The van der Waals surface area contributed by atoms with Gasteiger partial charge in [-0.3, -0.25) is 4.79 Å². The molecule has 0 spiro atoms. The van der Waals surface area contributed by atoms with E-state index >= 15 is 0 Å². The lowest BCUT2D eigenvalue weighted by atomic mass is 9.85. The molecule has 1 fully saturated rings. The molecule has 0 aliphatic heterocycles. The smallest absolute Gasteiger partial charge is 0.256 e. The number of carbonyl (C=O) groups excluding carboxylic acids is 1. The zero-order valence-electron chi connectivity index (χ0n) is 12.5. The average Bonchev–Trinajstić information content (AvgIpc) is 2.44. The van der Waals surface area contributed by atoms with Crippen LogP contribution in [-0.4, -0.2) is 16.6 Å². The van der Waals surface area contributed by atoms with Crippen molar-refractivity contribution in [2.75, 3.05) is 0 Å². The lowest BCUT2D eigenvalue weighted by molar-refractivity contribution is 0.0905. The molecule has 1 saturated carbocycles. The fraction of sp³-hybridized carbons (Fsp3) is 0.529. The topological polar surface area (TPSA) is 73.1 Å². The van der Waals surface area contributed by atoms with Crippen molar-refractivity contribution in [1.82, 2.24) is 5.32 Å². The summed E-state index contributed by atoms with van der Waals surface area (Å²) in [7, 11) is 0. The first-order valence-corrected chi connectivity index (χ1v) is 7.60. The molecule has 0 unspecified atom stereocenters. The Kier molecular flexibility index (Phi) is 4.85. The lowest BCUT2D eigenvalue weighted by Gasteiger charge is -2.29. The third-order valence-electron chi connectivity index (χ3n) is 4.17. The van der Waals surface area contributed by atoms with E-state index in [9.17, 15) is 15.2 Å². The molecular weight excluding hydrogens is 264 g/mol. The summed E-state index contributed by atoms with van der Waals surface area (Å²) in [6, 6.07) is 7.23. The number of nitriles is 1. The second-order valence-electron chi connectivity index (χ2n) is 5.94. The normalized spacial score (nSPS) is 18.1. The van der Waals surface area contributed by atoms with Gasteiger partial charge in [0.2, 0.25) is 0 Å². The van der Waals surface area contributed by atoms with Gasteiger partial charge in [0, 0.05) is 0 Å². The zero-order valence-corrected chi connectivity index (χ0v) is 12.5.